The van der Waals surface area contributed by atoms with Crippen LogP contribution in [0.25, 0.3) is 32.9 Å². The summed E-state index contributed by atoms with van der Waals surface area (Å²) in [4.78, 5) is 15.2. The van der Waals surface area contributed by atoms with E-state index in [2.05, 4.69) is 63.0 Å². The molecule has 2 aliphatic carbocycles. The summed E-state index contributed by atoms with van der Waals surface area (Å²) in [5, 5.41) is 13.0. The summed E-state index contributed by atoms with van der Waals surface area (Å²) in [6, 6.07) is 14.8. The molecule has 0 bridgehead atoms. The number of phenolic OH excluding ortho intramolecular Hbond substituents is 1. The molecule has 2 aliphatic rings. The molecule has 0 atom stereocenters. The predicted molar refractivity (Wildman–Crippen MR) is 130 cm³/mol. The van der Waals surface area contributed by atoms with Crippen molar-refractivity contribution in [1.29, 1.82) is 0 Å². The molecule has 0 unspecified atom stereocenters. The van der Waals surface area contributed by atoms with Crippen LogP contribution in [0.2, 0.25) is 0 Å². The molecule has 2 N–H and O–H groups in total. The predicted octanol–water partition coefficient (Wildman–Crippen LogP) is 6.23. The van der Waals surface area contributed by atoms with Crippen LogP contribution < -0.4 is 5.69 Å². The van der Waals surface area contributed by atoms with Crippen molar-refractivity contribution in [2.45, 2.75) is 52.4 Å². The van der Waals surface area contributed by atoms with Crippen molar-refractivity contribution in [3.05, 3.63) is 64.1 Å². The molecule has 1 saturated carbocycles. The second-order valence-electron chi connectivity index (χ2n) is 11.7. The number of aromatic amines is 1. The van der Waals surface area contributed by atoms with Gasteiger partial charge in [-0.15, -0.1) is 0 Å². The van der Waals surface area contributed by atoms with Gasteiger partial charge in [-0.2, -0.15) is 0 Å². The average molecular weight is 427 g/mol. The van der Waals surface area contributed by atoms with Crippen molar-refractivity contribution in [3.8, 4) is 16.9 Å². The van der Waals surface area contributed by atoms with Gasteiger partial charge < -0.3 is 10.1 Å². The molecular weight excluding hydrogens is 396 g/mol. The number of aromatic hydroxyl groups is 1. The van der Waals surface area contributed by atoms with Crippen molar-refractivity contribution in [2.24, 2.45) is 17.9 Å². The second kappa shape index (κ2) is 5.86. The molecule has 0 radical (unpaired) electrons. The van der Waals surface area contributed by atoms with E-state index in [1.165, 1.54) is 28.7 Å². The van der Waals surface area contributed by atoms with E-state index in [1.807, 2.05) is 12.1 Å². The Kier molecular flexibility index (Phi) is 3.60. The third-order valence-electron chi connectivity index (χ3n) is 7.88. The smallest absolute Gasteiger partial charge is 0.326 e. The summed E-state index contributed by atoms with van der Waals surface area (Å²) in [5.41, 5.74) is 6.83. The highest BCUT2D eigenvalue weighted by atomic mass is 16.3. The number of H-pyrrole nitrogens is 1. The van der Waals surface area contributed by atoms with Crippen LogP contribution >= 0.6 is 0 Å². The summed E-state index contributed by atoms with van der Waals surface area (Å²) >= 11 is 0. The highest BCUT2D eigenvalue weighted by molar-refractivity contribution is 6.09. The largest absolute Gasteiger partial charge is 0.507 e. The lowest BCUT2D eigenvalue weighted by molar-refractivity contribution is 0.0645. The van der Waals surface area contributed by atoms with E-state index >= 15 is 0 Å². The van der Waals surface area contributed by atoms with Crippen molar-refractivity contribution >= 4 is 21.8 Å². The van der Waals surface area contributed by atoms with E-state index in [9.17, 15) is 9.90 Å². The number of benzene rings is 3. The van der Waals surface area contributed by atoms with E-state index in [1.54, 1.807) is 11.6 Å². The molecule has 3 aromatic carbocycles. The molecule has 1 heterocycles. The molecule has 4 nitrogen and oxygen atoms in total. The number of fused-ring (bicyclic) bond motifs is 8. The van der Waals surface area contributed by atoms with Crippen LogP contribution in [-0.2, 0) is 12.5 Å². The van der Waals surface area contributed by atoms with Crippen molar-refractivity contribution in [1.82, 2.24) is 9.55 Å². The van der Waals surface area contributed by atoms with Gasteiger partial charge in [0.05, 0.1) is 11.0 Å². The lowest BCUT2D eigenvalue weighted by Crippen LogP contribution is -2.43. The monoisotopic (exact) mass is 426 g/mol. The maximum absolute atomic E-state index is 12.3. The van der Waals surface area contributed by atoms with Gasteiger partial charge in [-0.1, -0.05) is 52.0 Å². The Bertz CT molecular complexity index is 1480. The molecule has 0 saturated heterocycles. The van der Waals surface area contributed by atoms with E-state index in [0.29, 0.717) is 5.75 Å². The summed E-state index contributed by atoms with van der Waals surface area (Å²) in [6.45, 7) is 9.54. The minimum atomic E-state index is -0.140. The normalized spacial score (nSPS) is 20.0. The molecule has 4 heteroatoms. The number of phenols is 1. The van der Waals surface area contributed by atoms with E-state index in [0.717, 1.165) is 34.6 Å². The molecule has 32 heavy (non-hydrogen) atoms. The van der Waals surface area contributed by atoms with Crippen LogP contribution in [0.1, 0.15) is 58.1 Å². The van der Waals surface area contributed by atoms with E-state index in [-0.39, 0.29) is 21.9 Å². The molecular formula is C28H30N2O2. The molecule has 1 spiro atoms. The third-order valence-corrected chi connectivity index (χ3v) is 7.88. The Morgan fingerprint density at radius 1 is 0.906 bits per heavy atom. The number of imidazole rings is 1. The highest BCUT2D eigenvalue weighted by Crippen LogP contribution is 2.64. The van der Waals surface area contributed by atoms with Gasteiger partial charge in [-0.3, -0.25) is 4.57 Å². The Hall–Kier alpha value is -3.01. The zero-order valence-electron chi connectivity index (χ0n) is 19.5. The van der Waals surface area contributed by atoms with Gasteiger partial charge in [0.2, 0.25) is 0 Å². The average Bonchev–Trinajstić information content (AvgIpc) is 3.10. The quantitative estimate of drug-likeness (QED) is 0.350. The zero-order chi connectivity index (χ0) is 22.6. The topological polar surface area (TPSA) is 58.0 Å². The number of nitrogens with zero attached hydrogens (tertiary/aromatic N) is 1. The number of aromatic nitrogens is 2. The van der Waals surface area contributed by atoms with Crippen LogP contribution in [0, 0.1) is 10.8 Å². The summed E-state index contributed by atoms with van der Waals surface area (Å²) in [7, 11) is 1.79. The molecule has 0 amide bonds. The number of rotatable bonds is 0. The van der Waals surface area contributed by atoms with Crippen molar-refractivity contribution < 1.29 is 5.11 Å². The first-order valence-electron chi connectivity index (χ1n) is 11.5. The second-order valence-corrected chi connectivity index (χ2v) is 11.7. The van der Waals surface area contributed by atoms with Gasteiger partial charge in [-0.25, -0.2) is 4.79 Å². The third kappa shape index (κ3) is 2.47. The maximum Gasteiger partial charge on any atom is 0.326 e. The van der Waals surface area contributed by atoms with Crippen LogP contribution in [0.15, 0.2) is 47.3 Å². The molecule has 1 aromatic heterocycles. The number of hydrogen-bond acceptors (Lipinski definition) is 2. The standard InChI is InChI=1S/C28H30N2O2/c1-26(2)13-27(3,4)15-28(14-26)19-9-7-6-8-16(19)24-18-11-22-21(29-25(32)30(22)5)10-17(18)23(31)12-20(24)28/h6-12,31H,13-15H2,1-5H3,(H,29,32). The Labute approximate surface area is 187 Å². The van der Waals surface area contributed by atoms with Gasteiger partial charge >= 0.3 is 5.69 Å². The minimum absolute atomic E-state index is 0.123. The van der Waals surface area contributed by atoms with Gasteiger partial charge in [0.1, 0.15) is 5.75 Å². The molecule has 164 valence electrons. The van der Waals surface area contributed by atoms with Gasteiger partial charge in [0.25, 0.3) is 0 Å². The van der Waals surface area contributed by atoms with Gasteiger partial charge in [0, 0.05) is 17.8 Å². The zero-order valence-corrected chi connectivity index (χ0v) is 19.5. The highest BCUT2D eigenvalue weighted by Gasteiger charge is 2.53. The van der Waals surface area contributed by atoms with E-state index in [4.69, 9.17) is 0 Å². The summed E-state index contributed by atoms with van der Waals surface area (Å²) < 4.78 is 1.65. The first-order chi connectivity index (χ1) is 15.0. The van der Waals surface area contributed by atoms with Crippen LogP contribution in [0.3, 0.4) is 0 Å². The number of nitrogens with one attached hydrogen (secondary N) is 1. The maximum atomic E-state index is 12.3. The first-order valence-corrected chi connectivity index (χ1v) is 11.5. The van der Waals surface area contributed by atoms with Gasteiger partial charge in [0.15, 0.2) is 0 Å². The van der Waals surface area contributed by atoms with Crippen molar-refractivity contribution in [3.63, 3.8) is 0 Å². The Morgan fingerprint density at radius 3 is 2.31 bits per heavy atom. The molecule has 6 rings (SSSR count). The fraction of sp³-hybridized carbons (Fsp3) is 0.393. The van der Waals surface area contributed by atoms with Crippen molar-refractivity contribution in [2.75, 3.05) is 0 Å². The van der Waals surface area contributed by atoms with Crippen LogP contribution in [0.5, 0.6) is 5.75 Å². The first kappa shape index (κ1) is 19.7. The lowest BCUT2D eigenvalue weighted by Gasteiger charge is -2.51. The summed E-state index contributed by atoms with van der Waals surface area (Å²) in [6.07, 6.45) is 3.30. The molecule has 4 aromatic rings. The SMILES string of the molecule is Cn1c(=O)[nH]c2cc3c(O)cc4c(c3cc21)-c1ccccc1C41CC(C)(C)CC(C)(C)C1. The van der Waals surface area contributed by atoms with Crippen LogP contribution in [-0.4, -0.2) is 14.7 Å². The van der Waals surface area contributed by atoms with E-state index < -0.39 is 0 Å². The minimum Gasteiger partial charge on any atom is -0.507 e. The summed E-state index contributed by atoms with van der Waals surface area (Å²) in [5.74, 6) is 0.290. The molecule has 0 aliphatic heterocycles. The number of hydrogen-bond donors (Lipinski definition) is 2. The Morgan fingerprint density at radius 2 is 1.59 bits per heavy atom. The lowest BCUT2D eigenvalue weighted by atomic mass is 9.52. The van der Waals surface area contributed by atoms with Crippen LogP contribution in [0.4, 0.5) is 0 Å². The fourth-order valence-electron chi connectivity index (χ4n) is 7.55. The number of aryl methyl sites for hydroxylation is 1. The fourth-order valence-corrected chi connectivity index (χ4v) is 7.55. The van der Waals surface area contributed by atoms with Gasteiger partial charge in [-0.05, 0) is 75.9 Å². The Balaban J connectivity index is 1.77. The molecule has 1 fully saturated rings.